The summed E-state index contributed by atoms with van der Waals surface area (Å²) in [4.78, 5) is 35.7. The molecule has 180 valence electrons. The van der Waals surface area contributed by atoms with Crippen LogP contribution in [0.3, 0.4) is 0 Å². The molecule has 0 bridgehead atoms. The van der Waals surface area contributed by atoms with Crippen LogP contribution in [0.25, 0.3) is 11.1 Å². The van der Waals surface area contributed by atoms with E-state index in [9.17, 15) is 14.4 Å². The molecule has 0 radical (unpaired) electrons. The number of alkyl carbamates (subject to hydrolysis) is 1. The zero-order valence-electron chi connectivity index (χ0n) is 19.2. The third kappa shape index (κ3) is 5.39. The lowest BCUT2D eigenvalue weighted by atomic mass is 9.98. The van der Waals surface area contributed by atoms with E-state index in [1.165, 1.54) is 11.1 Å². The summed E-state index contributed by atoms with van der Waals surface area (Å²) in [7, 11) is 0. The number of nitrogens with one attached hydrogen (secondary N) is 2. The van der Waals surface area contributed by atoms with E-state index in [0.29, 0.717) is 12.8 Å². The maximum Gasteiger partial charge on any atom is 0.407 e. The van der Waals surface area contributed by atoms with E-state index in [-0.39, 0.29) is 50.0 Å². The fourth-order valence-electron chi connectivity index (χ4n) is 4.70. The lowest BCUT2D eigenvalue weighted by Crippen LogP contribution is -2.40. The summed E-state index contributed by atoms with van der Waals surface area (Å²) in [6, 6.07) is 15.9. The molecule has 2 unspecified atom stereocenters. The number of benzene rings is 2. The van der Waals surface area contributed by atoms with E-state index in [0.717, 1.165) is 11.1 Å². The van der Waals surface area contributed by atoms with Gasteiger partial charge in [0.1, 0.15) is 6.61 Å². The van der Waals surface area contributed by atoms with E-state index in [2.05, 4.69) is 34.9 Å². The van der Waals surface area contributed by atoms with Crippen LogP contribution in [0.5, 0.6) is 0 Å². The zero-order chi connectivity index (χ0) is 24.1. The third-order valence-corrected chi connectivity index (χ3v) is 6.53. The van der Waals surface area contributed by atoms with Crippen LogP contribution in [0.15, 0.2) is 48.5 Å². The average molecular weight is 467 g/mol. The van der Waals surface area contributed by atoms with Crippen molar-refractivity contribution < 1.29 is 29.0 Å². The first-order valence-corrected chi connectivity index (χ1v) is 11.7. The fourth-order valence-corrected chi connectivity index (χ4v) is 4.70. The molecule has 8 nitrogen and oxygen atoms in total. The summed E-state index contributed by atoms with van der Waals surface area (Å²) in [5, 5.41) is 14.5. The number of aliphatic carboxylic acids is 1. The van der Waals surface area contributed by atoms with Crippen LogP contribution in [0.2, 0.25) is 0 Å². The van der Waals surface area contributed by atoms with Gasteiger partial charge in [-0.3, -0.25) is 9.59 Å². The summed E-state index contributed by atoms with van der Waals surface area (Å²) in [6.07, 6.45) is 0.0709. The summed E-state index contributed by atoms with van der Waals surface area (Å²) in [6.45, 7) is 2.55. The highest BCUT2D eigenvalue weighted by Crippen LogP contribution is 2.44. The molecule has 34 heavy (non-hydrogen) atoms. The Labute approximate surface area is 198 Å². The number of carboxylic acids is 1. The van der Waals surface area contributed by atoms with Crippen LogP contribution >= 0.6 is 0 Å². The lowest BCUT2D eigenvalue weighted by Gasteiger charge is -2.17. The van der Waals surface area contributed by atoms with Gasteiger partial charge in [0.05, 0.1) is 25.0 Å². The minimum absolute atomic E-state index is 0.00808. The highest BCUT2D eigenvalue weighted by Gasteiger charge is 2.33. The van der Waals surface area contributed by atoms with Crippen molar-refractivity contribution in [1.29, 1.82) is 0 Å². The minimum Gasteiger partial charge on any atom is -0.481 e. The second-order valence-electron chi connectivity index (χ2n) is 8.81. The summed E-state index contributed by atoms with van der Waals surface area (Å²) < 4.78 is 11.2. The largest absolute Gasteiger partial charge is 0.481 e. The minimum atomic E-state index is -0.944. The van der Waals surface area contributed by atoms with Gasteiger partial charge < -0.3 is 25.2 Å². The van der Waals surface area contributed by atoms with Crippen LogP contribution in [0.1, 0.15) is 43.2 Å². The summed E-state index contributed by atoms with van der Waals surface area (Å²) >= 11 is 0. The van der Waals surface area contributed by atoms with Crippen molar-refractivity contribution in [3.63, 3.8) is 0 Å². The number of hydrogen-bond donors (Lipinski definition) is 3. The number of amides is 2. The maximum absolute atomic E-state index is 12.4. The van der Waals surface area contributed by atoms with Crippen LogP contribution in [-0.2, 0) is 19.1 Å². The van der Waals surface area contributed by atoms with E-state index in [1.807, 2.05) is 31.2 Å². The van der Waals surface area contributed by atoms with Crippen LogP contribution in [0, 0.1) is 5.92 Å². The first kappa shape index (κ1) is 23.8. The molecule has 2 aromatic rings. The van der Waals surface area contributed by atoms with Crippen LogP contribution in [-0.4, -0.2) is 55.0 Å². The monoisotopic (exact) mass is 466 g/mol. The van der Waals surface area contributed by atoms with Crippen molar-refractivity contribution in [2.24, 2.45) is 5.92 Å². The van der Waals surface area contributed by atoms with Crippen molar-refractivity contribution in [2.75, 3.05) is 19.8 Å². The normalized spacial score (nSPS) is 19.7. The molecule has 1 fully saturated rings. The Balaban J connectivity index is 1.23. The Morgan fingerprint density at radius 3 is 2.35 bits per heavy atom. The first-order valence-electron chi connectivity index (χ1n) is 11.7. The molecule has 0 aromatic heterocycles. The van der Waals surface area contributed by atoms with Crippen LogP contribution < -0.4 is 10.6 Å². The van der Waals surface area contributed by atoms with Gasteiger partial charge >= 0.3 is 12.1 Å². The predicted octanol–water partition coefficient (Wildman–Crippen LogP) is 3.30. The molecule has 1 heterocycles. The van der Waals surface area contributed by atoms with Gasteiger partial charge in [0, 0.05) is 18.5 Å². The Morgan fingerprint density at radius 2 is 1.74 bits per heavy atom. The molecule has 8 heteroatoms. The van der Waals surface area contributed by atoms with E-state index >= 15 is 0 Å². The number of carbonyl (C=O) groups is 3. The molecule has 2 amide bonds. The molecule has 0 saturated carbocycles. The van der Waals surface area contributed by atoms with Crippen molar-refractivity contribution >= 4 is 18.0 Å². The fraction of sp³-hybridized carbons (Fsp3) is 0.423. The Morgan fingerprint density at radius 1 is 1.09 bits per heavy atom. The van der Waals surface area contributed by atoms with Gasteiger partial charge in [0.15, 0.2) is 0 Å². The van der Waals surface area contributed by atoms with Gasteiger partial charge in [-0.25, -0.2) is 4.79 Å². The van der Waals surface area contributed by atoms with Crippen LogP contribution in [0.4, 0.5) is 4.79 Å². The van der Waals surface area contributed by atoms with Gasteiger partial charge in [-0.15, -0.1) is 0 Å². The highest BCUT2D eigenvalue weighted by molar-refractivity contribution is 5.80. The number of ether oxygens (including phenoxy) is 2. The molecule has 2 aliphatic rings. The molecule has 2 aromatic carbocycles. The van der Waals surface area contributed by atoms with Gasteiger partial charge in [-0.1, -0.05) is 55.5 Å². The molecule has 4 rings (SSSR count). The molecule has 1 saturated heterocycles. The number of hydrogen-bond acceptors (Lipinski definition) is 5. The number of rotatable bonds is 9. The predicted molar refractivity (Wildman–Crippen MR) is 125 cm³/mol. The molecular weight excluding hydrogens is 436 g/mol. The van der Waals surface area contributed by atoms with Crippen molar-refractivity contribution in [3.05, 3.63) is 59.7 Å². The molecule has 3 N–H and O–H groups in total. The molecule has 0 spiro atoms. The number of carboxylic acid groups (broad SMARTS) is 1. The lowest BCUT2D eigenvalue weighted by molar-refractivity contribution is -0.137. The molecule has 3 atom stereocenters. The molecule has 1 aliphatic heterocycles. The topological polar surface area (TPSA) is 114 Å². The standard InChI is InChI=1S/C26H30N2O6/c1-2-17(12-24(29)30)28-25(31)16-11-18(33-14-16)13-27-26(32)34-15-23-21-9-5-3-7-19(21)20-8-4-6-10-22(20)23/h3-10,16-18,23H,2,11-15H2,1H3,(H,27,32)(H,28,31)(H,29,30)/t16?,17-,18?/m0/s1. The summed E-state index contributed by atoms with van der Waals surface area (Å²) in [5.74, 6) is -1.53. The first-order chi connectivity index (χ1) is 16.5. The van der Waals surface area contributed by atoms with E-state index < -0.39 is 18.1 Å². The third-order valence-electron chi connectivity index (χ3n) is 6.53. The van der Waals surface area contributed by atoms with Gasteiger partial charge in [0.25, 0.3) is 0 Å². The SMILES string of the molecule is CC[C@@H](CC(=O)O)NC(=O)C1COC(CNC(=O)OCC2c3ccccc3-c3ccccc32)C1. The van der Waals surface area contributed by atoms with E-state index in [4.69, 9.17) is 14.6 Å². The van der Waals surface area contributed by atoms with Crippen molar-refractivity contribution in [3.8, 4) is 11.1 Å². The second-order valence-corrected chi connectivity index (χ2v) is 8.81. The van der Waals surface area contributed by atoms with E-state index in [1.54, 1.807) is 0 Å². The number of fused-ring (bicyclic) bond motifs is 3. The zero-order valence-corrected chi connectivity index (χ0v) is 19.2. The second kappa shape index (κ2) is 10.7. The highest BCUT2D eigenvalue weighted by atomic mass is 16.5. The van der Waals surface area contributed by atoms with Crippen molar-refractivity contribution in [2.45, 2.75) is 44.2 Å². The summed E-state index contributed by atoms with van der Waals surface area (Å²) in [5.41, 5.74) is 4.64. The van der Waals surface area contributed by atoms with Gasteiger partial charge in [-0.05, 0) is 35.1 Å². The average Bonchev–Trinajstić information content (AvgIpc) is 3.44. The Bertz CT molecular complexity index is 1010. The molecule has 1 aliphatic carbocycles. The van der Waals surface area contributed by atoms with Gasteiger partial charge in [-0.2, -0.15) is 0 Å². The molecular formula is C26H30N2O6. The Hall–Kier alpha value is -3.39. The number of carbonyl (C=O) groups excluding carboxylic acids is 2. The van der Waals surface area contributed by atoms with Crippen molar-refractivity contribution in [1.82, 2.24) is 10.6 Å². The maximum atomic E-state index is 12.4. The smallest absolute Gasteiger partial charge is 0.407 e. The van der Waals surface area contributed by atoms with Gasteiger partial charge in [0.2, 0.25) is 5.91 Å². The Kier molecular flexibility index (Phi) is 7.47. The quantitative estimate of drug-likeness (QED) is 0.523.